The summed E-state index contributed by atoms with van der Waals surface area (Å²) >= 11 is 8.38. The average Bonchev–Trinajstić information content (AvgIpc) is 2.86. The van der Waals surface area contributed by atoms with Gasteiger partial charge in [-0.1, -0.05) is 17.7 Å². The van der Waals surface area contributed by atoms with Crippen LogP contribution in [0.25, 0.3) is 0 Å². The Morgan fingerprint density at radius 1 is 1.14 bits per heavy atom. The minimum Gasteiger partial charge on any atom is -0.459 e. The third-order valence-electron chi connectivity index (χ3n) is 4.16. The second kappa shape index (κ2) is 8.54. The lowest BCUT2D eigenvalue weighted by molar-refractivity contribution is -0.120. The molecule has 0 bridgehead atoms. The highest BCUT2D eigenvalue weighted by atomic mass is 127. The van der Waals surface area contributed by atoms with Gasteiger partial charge in [-0.2, -0.15) is 0 Å². The maximum Gasteiger partial charge on any atom is 0.338 e. The normalized spacial score (nSPS) is 14.1. The number of nitrogens with one attached hydrogen (secondary N) is 1. The van der Waals surface area contributed by atoms with E-state index >= 15 is 0 Å². The van der Waals surface area contributed by atoms with Crippen LogP contribution >= 0.6 is 34.2 Å². The Balaban J connectivity index is 1.89. The molecule has 0 aliphatic carbocycles. The maximum absolute atomic E-state index is 13.0. The van der Waals surface area contributed by atoms with Gasteiger partial charge in [0, 0.05) is 9.26 Å². The van der Waals surface area contributed by atoms with Gasteiger partial charge in [0.05, 0.1) is 17.4 Å². The Labute approximate surface area is 187 Å². The molecule has 150 valence electrons. The van der Waals surface area contributed by atoms with Crippen LogP contribution in [0, 0.1) is 10.5 Å². The first kappa shape index (κ1) is 21.3. The van der Waals surface area contributed by atoms with Gasteiger partial charge in [0.1, 0.15) is 10.7 Å². The molecular formula is C21H18ClIN2O4. The number of aryl methyl sites for hydroxylation is 1. The summed E-state index contributed by atoms with van der Waals surface area (Å²) in [6.45, 7) is 5.37. The van der Waals surface area contributed by atoms with E-state index in [1.54, 1.807) is 32.0 Å². The van der Waals surface area contributed by atoms with Gasteiger partial charge >= 0.3 is 5.97 Å². The van der Waals surface area contributed by atoms with Gasteiger partial charge in [0.25, 0.3) is 11.8 Å². The number of amides is 2. The summed E-state index contributed by atoms with van der Waals surface area (Å²) in [4.78, 5) is 38.7. The molecule has 2 aromatic carbocycles. The number of anilines is 2. The van der Waals surface area contributed by atoms with Crippen molar-refractivity contribution in [3.63, 3.8) is 0 Å². The van der Waals surface area contributed by atoms with E-state index in [4.69, 9.17) is 16.3 Å². The Morgan fingerprint density at radius 3 is 2.52 bits per heavy atom. The van der Waals surface area contributed by atoms with Crippen molar-refractivity contribution < 1.29 is 19.1 Å². The first-order valence-corrected chi connectivity index (χ1v) is 10.3. The fourth-order valence-corrected chi connectivity index (χ4v) is 3.66. The van der Waals surface area contributed by atoms with E-state index in [1.165, 1.54) is 6.07 Å². The topological polar surface area (TPSA) is 75.7 Å². The molecule has 0 spiro atoms. The summed E-state index contributed by atoms with van der Waals surface area (Å²) in [7, 11) is 0. The van der Waals surface area contributed by atoms with Gasteiger partial charge in [0.2, 0.25) is 0 Å². The number of carbonyl (C=O) groups excluding carboxylic acids is 3. The van der Waals surface area contributed by atoms with E-state index in [0.717, 1.165) is 14.0 Å². The van der Waals surface area contributed by atoms with Gasteiger partial charge in [0.15, 0.2) is 0 Å². The molecule has 2 amide bonds. The molecule has 0 aromatic heterocycles. The van der Waals surface area contributed by atoms with Crippen LogP contribution in [0.2, 0.25) is 0 Å². The van der Waals surface area contributed by atoms with E-state index in [9.17, 15) is 14.4 Å². The van der Waals surface area contributed by atoms with E-state index in [1.807, 2.05) is 25.1 Å². The summed E-state index contributed by atoms with van der Waals surface area (Å²) in [5.74, 6) is -1.78. The molecule has 29 heavy (non-hydrogen) atoms. The van der Waals surface area contributed by atoms with Crippen LogP contribution in [-0.4, -0.2) is 23.9 Å². The summed E-state index contributed by atoms with van der Waals surface area (Å²) in [5, 5.41) is 2.76. The van der Waals surface area contributed by atoms with Crippen LogP contribution in [0.4, 0.5) is 11.4 Å². The molecule has 0 fully saturated rings. The highest BCUT2D eigenvalue weighted by Gasteiger charge is 2.39. The number of esters is 1. The summed E-state index contributed by atoms with van der Waals surface area (Å²) in [5.41, 5.74) is 2.06. The Kier molecular flexibility index (Phi) is 6.28. The van der Waals surface area contributed by atoms with Gasteiger partial charge in [-0.05, 0) is 85.3 Å². The minimum absolute atomic E-state index is 0.00358. The van der Waals surface area contributed by atoms with Crippen molar-refractivity contribution in [2.24, 2.45) is 0 Å². The predicted octanol–water partition coefficient (Wildman–Crippen LogP) is 4.60. The first-order chi connectivity index (χ1) is 13.7. The maximum atomic E-state index is 13.0. The number of nitrogens with zero attached hydrogens (tertiary/aromatic N) is 1. The largest absolute Gasteiger partial charge is 0.459 e. The lowest BCUT2D eigenvalue weighted by Gasteiger charge is -2.16. The highest BCUT2D eigenvalue weighted by Crippen LogP contribution is 2.31. The summed E-state index contributed by atoms with van der Waals surface area (Å²) < 4.78 is 6.22. The van der Waals surface area contributed by atoms with Crippen LogP contribution in [0.1, 0.15) is 29.8 Å². The molecular weight excluding hydrogens is 507 g/mol. The molecule has 1 N–H and O–H groups in total. The standard InChI is InChI=1S/C21H18ClIN2O4/c1-11(2)29-21(28)13-5-4-6-15(10-13)25-19(26)17(22)18(20(25)27)24-16-8-7-14(23)9-12(16)3/h4-11,24H,1-3H3. The van der Waals surface area contributed by atoms with Crippen molar-refractivity contribution in [2.75, 3.05) is 10.2 Å². The van der Waals surface area contributed by atoms with Gasteiger partial charge in [-0.15, -0.1) is 0 Å². The van der Waals surface area contributed by atoms with Crippen LogP contribution < -0.4 is 10.2 Å². The number of imide groups is 1. The molecule has 1 aliphatic rings. The molecule has 6 nitrogen and oxygen atoms in total. The van der Waals surface area contributed by atoms with Crippen molar-refractivity contribution in [2.45, 2.75) is 26.9 Å². The average molecular weight is 525 g/mol. The quantitative estimate of drug-likeness (QED) is 0.352. The zero-order valence-electron chi connectivity index (χ0n) is 16.0. The zero-order valence-corrected chi connectivity index (χ0v) is 18.9. The van der Waals surface area contributed by atoms with Crippen LogP contribution in [0.3, 0.4) is 0 Å². The molecule has 0 saturated carbocycles. The Hall–Kier alpha value is -2.39. The number of halogens is 2. The summed E-state index contributed by atoms with van der Waals surface area (Å²) in [6, 6.07) is 11.8. The van der Waals surface area contributed by atoms with Gasteiger partial charge in [-0.3, -0.25) is 9.59 Å². The lowest BCUT2D eigenvalue weighted by atomic mass is 10.2. The molecule has 1 heterocycles. The molecule has 0 saturated heterocycles. The van der Waals surface area contributed by atoms with Crippen LogP contribution in [0.5, 0.6) is 0 Å². The molecule has 1 aliphatic heterocycles. The number of rotatable bonds is 5. The fourth-order valence-electron chi connectivity index (χ4n) is 2.80. The molecule has 0 unspecified atom stereocenters. The third kappa shape index (κ3) is 4.45. The van der Waals surface area contributed by atoms with Crippen molar-refractivity contribution >= 4 is 63.4 Å². The highest BCUT2D eigenvalue weighted by molar-refractivity contribution is 14.1. The van der Waals surface area contributed by atoms with E-state index in [2.05, 4.69) is 27.9 Å². The smallest absolute Gasteiger partial charge is 0.338 e. The number of benzene rings is 2. The van der Waals surface area contributed by atoms with Gasteiger partial charge < -0.3 is 10.1 Å². The zero-order chi connectivity index (χ0) is 21.3. The monoisotopic (exact) mass is 524 g/mol. The van der Waals surface area contributed by atoms with Crippen LogP contribution in [-0.2, 0) is 14.3 Å². The van der Waals surface area contributed by atoms with E-state index in [0.29, 0.717) is 5.69 Å². The molecule has 0 atom stereocenters. The van der Waals surface area contributed by atoms with Crippen molar-refractivity contribution in [1.82, 2.24) is 0 Å². The second-order valence-corrected chi connectivity index (χ2v) is 8.35. The number of ether oxygens (including phenoxy) is 1. The van der Waals surface area contributed by atoms with Crippen molar-refractivity contribution in [3.8, 4) is 0 Å². The Morgan fingerprint density at radius 2 is 1.86 bits per heavy atom. The third-order valence-corrected chi connectivity index (χ3v) is 5.18. The Bertz CT molecular complexity index is 1050. The molecule has 3 rings (SSSR count). The second-order valence-electron chi connectivity index (χ2n) is 6.72. The SMILES string of the molecule is Cc1cc(I)ccc1NC1=C(Cl)C(=O)N(c2cccc(C(=O)OC(C)C)c2)C1=O. The van der Waals surface area contributed by atoms with Crippen LogP contribution in [0.15, 0.2) is 53.2 Å². The van der Waals surface area contributed by atoms with E-state index in [-0.39, 0.29) is 28.1 Å². The lowest BCUT2D eigenvalue weighted by Crippen LogP contribution is -2.32. The summed E-state index contributed by atoms with van der Waals surface area (Å²) in [6.07, 6.45) is -0.287. The molecule has 8 heteroatoms. The minimum atomic E-state index is -0.656. The van der Waals surface area contributed by atoms with Crippen molar-refractivity contribution in [3.05, 3.63) is 67.9 Å². The number of hydrogen-bond acceptors (Lipinski definition) is 5. The predicted molar refractivity (Wildman–Crippen MR) is 120 cm³/mol. The van der Waals surface area contributed by atoms with E-state index < -0.39 is 17.8 Å². The molecule has 0 radical (unpaired) electrons. The van der Waals surface area contributed by atoms with Gasteiger partial charge in [-0.25, -0.2) is 9.69 Å². The van der Waals surface area contributed by atoms with Crippen molar-refractivity contribution in [1.29, 1.82) is 0 Å². The first-order valence-electron chi connectivity index (χ1n) is 8.82. The number of hydrogen-bond donors (Lipinski definition) is 1. The molecule has 2 aromatic rings. The fraction of sp³-hybridized carbons (Fsp3) is 0.190. The number of carbonyl (C=O) groups is 3.